The fourth-order valence-corrected chi connectivity index (χ4v) is 2.70. The highest BCUT2D eigenvalue weighted by Gasteiger charge is 2.30. The lowest BCUT2D eigenvalue weighted by Gasteiger charge is -2.25. The lowest BCUT2D eigenvalue weighted by molar-refractivity contribution is -0.157. The number of esters is 2. The van der Waals surface area contributed by atoms with E-state index in [4.69, 9.17) is 14.2 Å². The van der Waals surface area contributed by atoms with Gasteiger partial charge >= 0.3 is 18.0 Å². The molecule has 0 unspecified atom stereocenters. The van der Waals surface area contributed by atoms with Crippen molar-refractivity contribution in [2.75, 3.05) is 6.61 Å². The summed E-state index contributed by atoms with van der Waals surface area (Å²) in [6.45, 7) is 12.3. The van der Waals surface area contributed by atoms with Gasteiger partial charge in [0, 0.05) is 11.8 Å². The van der Waals surface area contributed by atoms with E-state index in [0.717, 1.165) is 0 Å². The summed E-state index contributed by atoms with van der Waals surface area (Å²) in [5.74, 6) is -1.14. The predicted molar refractivity (Wildman–Crippen MR) is 101 cm³/mol. The molecule has 1 atom stereocenters. The van der Waals surface area contributed by atoms with Crippen molar-refractivity contribution in [3.05, 3.63) is 16.1 Å². The molecule has 1 amide bonds. The van der Waals surface area contributed by atoms with E-state index in [1.807, 2.05) is 0 Å². The predicted octanol–water partition coefficient (Wildman–Crippen LogP) is 3.10. The Morgan fingerprint density at radius 2 is 1.70 bits per heavy atom. The van der Waals surface area contributed by atoms with E-state index in [1.54, 1.807) is 53.8 Å². The number of hydrogen-bond acceptors (Lipinski definition) is 8. The third-order valence-electron chi connectivity index (χ3n) is 2.80. The van der Waals surface area contributed by atoms with Gasteiger partial charge in [0.25, 0.3) is 0 Å². The molecule has 152 valence electrons. The van der Waals surface area contributed by atoms with Gasteiger partial charge in [-0.3, -0.25) is 0 Å². The number of carbonyl (C=O) groups excluding carboxylic acids is 3. The van der Waals surface area contributed by atoms with Crippen molar-refractivity contribution in [2.45, 2.75) is 72.1 Å². The van der Waals surface area contributed by atoms with E-state index in [1.165, 1.54) is 11.3 Å². The average molecular weight is 400 g/mol. The van der Waals surface area contributed by atoms with Crippen LogP contribution in [0.25, 0.3) is 0 Å². The molecule has 0 fully saturated rings. The highest BCUT2D eigenvalue weighted by Crippen LogP contribution is 2.16. The van der Waals surface area contributed by atoms with Gasteiger partial charge in [0.1, 0.15) is 17.2 Å². The van der Waals surface area contributed by atoms with Gasteiger partial charge < -0.3 is 19.5 Å². The minimum Gasteiger partial charge on any atom is -0.461 e. The molecule has 0 aromatic carbocycles. The van der Waals surface area contributed by atoms with E-state index in [2.05, 4.69) is 10.3 Å². The second-order valence-corrected chi connectivity index (χ2v) is 8.73. The van der Waals surface area contributed by atoms with Crippen molar-refractivity contribution in [1.29, 1.82) is 0 Å². The number of nitrogens with one attached hydrogen (secondary N) is 1. The van der Waals surface area contributed by atoms with Gasteiger partial charge in [-0.05, 0) is 48.5 Å². The Morgan fingerprint density at radius 1 is 1.11 bits per heavy atom. The van der Waals surface area contributed by atoms with Crippen molar-refractivity contribution in [1.82, 2.24) is 10.3 Å². The Labute approximate surface area is 163 Å². The summed E-state index contributed by atoms with van der Waals surface area (Å²) in [5, 5.41) is 4.56. The second-order valence-electron chi connectivity index (χ2n) is 7.78. The zero-order valence-electron chi connectivity index (χ0n) is 16.9. The molecule has 0 radical (unpaired) electrons. The SMILES string of the molecule is CCOC(=O)c1csc(C[C@H](NC(=O)OC(C)(C)C)C(=O)OC(C)(C)C)n1. The Balaban J connectivity index is 2.92. The largest absolute Gasteiger partial charge is 0.461 e. The molecule has 0 aliphatic carbocycles. The van der Waals surface area contributed by atoms with Crippen LogP contribution in [0.3, 0.4) is 0 Å². The fourth-order valence-electron chi connectivity index (χ4n) is 1.89. The molecule has 1 rings (SSSR count). The van der Waals surface area contributed by atoms with Gasteiger partial charge in [0.2, 0.25) is 0 Å². The molecule has 0 bridgehead atoms. The van der Waals surface area contributed by atoms with Crippen LogP contribution < -0.4 is 5.32 Å². The third kappa shape index (κ3) is 8.85. The maximum absolute atomic E-state index is 12.5. The molecular weight excluding hydrogens is 372 g/mol. The van der Waals surface area contributed by atoms with Crippen LogP contribution in [0.5, 0.6) is 0 Å². The normalized spacial score (nSPS) is 12.9. The van der Waals surface area contributed by atoms with E-state index >= 15 is 0 Å². The van der Waals surface area contributed by atoms with Crippen LogP contribution in [0.4, 0.5) is 4.79 Å². The third-order valence-corrected chi connectivity index (χ3v) is 3.67. The first kappa shape index (κ1) is 22.9. The summed E-state index contributed by atoms with van der Waals surface area (Å²) in [7, 11) is 0. The number of alkyl carbamates (subject to hydrolysis) is 1. The van der Waals surface area contributed by atoms with E-state index in [-0.39, 0.29) is 18.7 Å². The maximum Gasteiger partial charge on any atom is 0.408 e. The van der Waals surface area contributed by atoms with Crippen molar-refractivity contribution in [2.24, 2.45) is 0 Å². The Hall–Kier alpha value is -2.16. The minimum absolute atomic E-state index is 0.0677. The van der Waals surface area contributed by atoms with Crippen LogP contribution in [0, 0.1) is 0 Å². The molecule has 0 spiro atoms. The number of ether oxygens (including phenoxy) is 3. The van der Waals surface area contributed by atoms with Crippen molar-refractivity contribution in [3.63, 3.8) is 0 Å². The Bertz CT molecular complexity index is 672. The van der Waals surface area contributed by atoms with Crippen LogP contribution in [-0.2, 0) is 25.4 Å². The standard InChI is InChI=1S/C18H28N2O6S/c1-8-24-14(21)12-10-27-13(19-12)9-11(15(22)25-17(2,3)4)20-16(23)26-18(5,6)7/h10-11H,8-9H2,1-7H3,(H,20,23)/t11-/m0/s1. The van der Waals surface area contributed by atoms with Crippen molar-refractivity contribution >= 4 is 29.4 Å². The van der Waals surface area contributed by atoms with Gasteiger partial charge in [-0.25, -0.2) is 19.4 Å². The lowest BCUT2D eigenvalue weighted by Crippen LogP contribution is -2.47. The van der Waals surface area contributed by atoms with Crippen molar-refractivity contribution in [3.8, 4) is 0 Å². The average Bonchev–Trinajstić information content (AvgIpc) is 2.91. The first-order valence-corrected chi connectivity index (χ1v) is 9.52. The minimum atomic E-state index is -1.000. The molecule has 1 heterocycles. The van der Waals surface area contributed by atoms with Crippen LogP contribution in [0.15, 0.2) is 5.38 Å². The quantitative estimate of drug-likeness (QED) is 0.578. The van der Waals surface area contributed by atoms with Crippen molar-refractivity contribution < 1.29 is 28.6 Å². The number of aromatic nitrogens is 1. The maximum atomic E-state index is 12.5. The summed E-state index contributed by atoms with van der Waals surface area (Å²) >= 11 is 1.20. The molecular formula is C18H28N2O6S. The van der Waals surface area contributed by atoms with Crippen LogP contribution in [0.2, 0.25) is 0 Å². The number of thiazole rings is 1. The molecule has 1 N–H and O–H groups in total. The molecule has 0 saturated carbocycles. The molecule has 8 nitrogen and oxygen atoms in total. The van der Waals surface area contributed by atoms with E-state index < -0.39 is 35.3 Å². The number of amides is 1. The first-order chi connectivity index (χ1) is 12.3. The van der Waals surface area contributed by atoms with Gasteiger partial charge in [-0.15, -0.1) is 11.3 Å². The number of carbonyl (C=O) groups is 3. The summed E-state index contributed by atoms with van der Waals surface area (Å²) in [4.78, 5) is 40.5. The topological polar surface area (TPSA) is 104 Å². The van der Waals surface area contributed by atoms with Gasteiger partial charge in [-0.1, -0.05) is 0 Å². The Kier molecular flexibility index (Phi) is 7.77. The Morgan fingerprint density at radius 3 is 2.22 bits per heavy atom. The smallest absolute Gasteiger partial charge is 0.408 e. The van der Waals surface area contributed by atoms with Gasteiger partial charge in [0.15, 0.2) is 5.69 Å². The summed E-state index contributed by atoms with van der Waals surface area (Å²) < 4.78 is 15.5. The number of hydrogen-bond donors (Lipinski definition) is 1. The summed E-state index contributed by atoms with van der Waals surface area (Å²) in [6, 6.07) is -1.000. The highest BCUT2D eigenvalue weighted by molar-refractivity contribution is 7.09. The second kappa shape index (κ2) is 9.16. The molecule has 0 aliphatic rings. The van der Waals surface area contributed by atoms with Crippen LogP contribution in [-0.4, -0.2) is 46.9 Å². The number of nitrogens with zero attached hydrogens (tertiary/aromatic N) is 1. The monoisotopic (exact) mass is 400 g/mol. The zero-order valence-corrected chi connectivity index (χ0v) is 17.7. The number of rotatable bonds is 6. The summed E-state index contributed by atoms with van der Waals surface area (Å²) in [6.07, 6.45) is -0.668. The molecule has 0 aliphatic heterocycles. The van der Waals surface area contributed by atoms with E-state index in [9.17, 15) is 14.4 Å². The van der Waals surface area contributed by atoms with Crippen LogP contribution in [0.1, 0.15) is 64.0 Å². The molecule has 27 heavy (non-hydrogen) atoms. The molecule has 1 aromatic heterocycles. The zero-order chi connectivity index (χ0) is 20.8. The lowest BCUT2D eigenvalue weighted by atomic mass is 10.1. The molecule has 1 aromatic rings. The van der Waals surface area contributed by atoms with Gasteiger partial charge in [0.05, 0.1) is 11.6 Å². The molecule has 9 heteroatoms. The highest BCUT2D eigenvalue weighted by atomic mass is 32.1. The van der Waals surface area contributed by atoms with Gasteiger partial charge in [-0.2, -0.15) is 0 Å². The first-order valence-electron chi connectivity index (χ1n) is 8.64. The van der Waals surface area contributed by atoms with E-state index in [0.29, 0.717) is 5.01 Å². The van der Waals surface area contributed by atoms with Crippen LogP contribution >= 0.6 is 11.3 Å². The molecule has 0 saturated heterocycles. The fraction of sp³-hybridized carbons (Fsp3) is 0.667. The summed E-state index contributed by atoms with van der Waals surface area (Å²) in [5.41, 5.74) is -1.26.